The Morgan fingerprint density at radius 3 is 2.65 bits per heavy atom. The number of aryl methyl sites for hydroxylation is 1. The summed E-state index contributed by atoms with van der Waals surface area (Å²) in [5.41, 5.74) is 3.77. The molecule has 26 heavy (non-hydrogen) atoms. The summed E-state index contributed by atoms with van der Waals surface area (Å²) in [6.45, 7) is 5.08. The van der Waals surface area contributed by atoms with E-state index in [4.69, 9.17) is 0 Å². The molecule has 2 heterocycles. The topological polar surface area (TPSA) is 45.2 Å². The number of amides is 1. The average molecular weight is 349 g/mol. The first-order chi connectivity index (χ1) is 12.7. The van der Waals surface area contributed by atoms with Gasteiger partial charge in [0.15, 0.2) is 0 Å². The number of rotatable bonds is 5. The Kier molecular flexibility index (Phi) is 5.02. The first-order valence-corrected chi connectivity index (χ1v) is 9.69. The molecular weight excluding hydrogens is 322 g/mol. The molecule has 1 aliphatic heterocycles. The third-order valence-corrected chi connectivity index (χ3v) is 5.76. The van der Waals surface area contributed by atoms with Crippen LogP contribution < -0.4 is 5.32 Å². The Morgan fingerprint density at radius 1 is 1.15 bits per heavy atom. The fourth-order valence-corrected chi connectivity index (χ4v) is 4.10. The second kappa shape index (κ2) is 7.58. The molecule has 1 aromatic heterocycles. The van der Waals surface area contributed by atoms with E-state index in [1.165, 1.54) is 11.1 Å². The number of hydrogen-bond acceptors (Lipinski definition) is 3. The minimum Gasteiger partial charge on any atom is -0.353 e. The van der Waals surface area contributed by atoms with Crippen molar-refractivity contribution in [2.45, 2.75) is 44.7 Å². The molecule has 1 aromatic carbocycles. The maximum absolute atomic E-state index is 12.6. The van der Waals surface area contributed by atoms with Crippen LogP contribution in [-0.2, 0) is 11.3 Å². The van der Waals surface area contributed by atoms with Gasteiger partial charge >= 0.3 is 0 Å². The van der Waals surface area contributed by atoms with Crippen molar-refractivity contribution in [1.82, 2.24) is 15.2 Å². The van der Waals surface area contributed by atoms with Crippen molar-refractivity contribution in [1.29, 1.82) is 0 Å². The van der Waals surface area contributed by atoms with Gasteiger partial charge in [-0.3, -0.25) is 14.7 Å². The fourth-order valence-electron chi connectivity index (χ4n) is 4.10. The van der Waals surface area contributed by atoms with E-state index < -0.39 is 0 Å². The van der Waals surface area contributed by atoms with Crippen LogP contribution in [0.5, 0.6) is 0 Å². The molecule has 0 spiro atoms. The zero-order chi connectivity index (χ0) is 17.9. The fraction of sp³-hybridized carbons (Fsp3) is 0.455. The Balaban J connectivity index is 1.24. The maximum atomic E-state index is 12.6. The van der Waals surface area contributed by atoms with E-state index in [1.807, 2.05) is 18.3 Å². The van der Waals surface area contributed by atoms with E-state index >= 15 is 0 Å². The lowest BCUT2D eigenvalue weighted by molar-refractivity contribution is -0.123. The number of aromatic nitrogens is 1. The summed E-state index contributed by atoms with van der Waals surface area (Å²) < 4.78 is 0. The second-order valence-electron chi connectivity index (χ2n) is 7.69. The van der Waals surface area contributed by atoms with Gasteiger partial charge in [-0.05, 0) is 55.4 Å². The van der Waals surface area contributed by atoms with Crippen LogP contribution in [0.4, 0.5) is 0 Å². The molecule has 4 rings (SSSR count). The molecule has 136 valence electrons. The number of hydrogen-bond donors (Lipinski definition) is 1. The number of piperidine rings is 1. The van der Waals surface area contributed by atoms with Crippen molar-refractivity contribution < 1.29 is 4.79 Å². The Morgan fingerprint density at radius 2 is 1.92 bits per heavy atom. The van der Waals surface area contributed by atoms with Crippen LogP contribution in [0.15, 0.2) is 48.7 Å². The Hall–Kier alpha value is -2.20. The van der Waals surface area contributed by atoms with Crippen LogP contribution in [0, 0.1) is 12.8 Å². The van der Waals surface area contributed by atoms with Gasteiger partial charge in [0.2, 0.25) is 5.91 Å². The van der Waals surface area contributed by atoms with Crippen LogP contribution in [0.3, 0.4) is 0 Å². The minimum absolute atomic E-state index is 0.169. The summed E-state index contributed by atoms with van der Waals surface area (Å²) >= 11 is 0. The highest BCUT2D eigenvalue weighted by atomic mass is 16.2. The van der Waals surface area contributed by atoms with Gasteiger partial charge in [-0.2, -0.15) is 0 Å². The molecule has 0 radical (unpaired) electrons. The first-order valence-electron chi connectivity index (χ1n) is 9.69. The molecule has 0 bridgehead atoms. The third-order valence-electron chi connectivity index (χ3n) is 5.76. The highest BCUT2D eigenvalue weighted by Crippen LogP contribution is 2.48. The van der Waals surface area contributed by atoms with Crippen LogP contribution in [0.2, 0.25) is 0 Å². The highest BCUT2D eigenvalue weighted by Gasteiger charge is 2.44. The minimum atomic E-state index is 0.169. The van der Waals surface area contributed by atoms with Gasteiger partial charge < -0.3 is 5.32 Å². The summed E-state index contributed by atoms with van der Waals surface area (Å²) in [6.07, 6.45) is 4.90. The van der Waals surface area contributed by atoms with E-state index in [9.17, 15) is 4.79 Å². The molecule has 1 aliphatic carbocycles. The molecule has 4 nitrogen and oxygen atoms in total. The van der Waals surface area contributed by atoms with Crippen LogP contribution in [0.1, 0.15) is 42.0 Å². The number of nitrogens with one attached hydrogen (secondary N) is 1. The van der Waals surface area contributed by atoms with Crippen molar-refractivity contribution in [3.05, 3.63) is 65.5 Å². The van der Waals surface area contributed by atoms with Crippen molar-refractivity contribution in [3.8, 4) is 0 Å². The van der Waals surface area contributed by atoms with Crippen LogP contribution in [0.25, 0.3) is 0 Å². The van der Waals surface area contributed by atoms with Gasteiger partial charge in [0.05, 0.1) is 5.69 Å². The zero-order valence-corrected chi connectivity index (χ0v) is 15.4. The number of carbonyl (C=O) groups is 1. The summed E-state index contributed by atoms with van der Waals surface area (Å²) in [5, 5.41) is 3.30. The molecule has 2 atom stereocenters. The molecule has 0 unspecified atom stereocenters. The van der Waals surface area contributed by atoms with Gasteiger partial charge in [-0.25, -0.2) is 0 Å². The van der Waals surface area contributed by atoms with E-state index in [-0.39, 0.29) is 11.8 Å². The lowest BCUT2D eigenvalue weighted by Crippen LogP contribution is -2.45. The molecular formula is C22H27N3O. The standard InChI is InChI=1S/C22H27N3O/c1-16-6-2-3-8-19(16)20-14-21(20)22(26)24-17-9-12-25(13-10-17)15-18-7-4-5-11-23-18/h2-8,11,17,20-21H,9-10,12-15H2,1H3,(H,24,26)/t20-,21-/m1/s1. The average Bonchev–Trinajstić information content (AvgIpc) is 3.45. The van der Waals surface area contributed by atoms with E-state index in [1.54, 1.807) is 0 Å². The molecule has 4 heteroatoms. The van der Waals surface area contributed by atoms with E-state index in [0.717, 1.165) is 44.6 Å². The summed E-state index contributed by atoms with van der Waals surface area (Å²) in [6, 6.07) is 14.8. The van der Waals surface area contributed by atoms with Crippen molar-refractivity contribution >= 4 is 5.91 Å². The highest BCUT2D eigenvalue weighted by molar-refractivity contribution is 5.83. The quantitative estimate of drug-likeness (QED) is 0.901. The molecule has 1 saturated carbocycles. The zero-order valence-electron chi connectivity index (χ0n) is 15.4. The van der Waals surface area contributed by atoms with Crippen LogP contribution in [-0.4, -0.2) is 34.9 Å². The third kappa shape index (κ3) is 3.96. The Labute approximate surface area is 155 Å². The van der Waals surface area contributed by atoms with E-state index in [0.29, 0.717) is 12.0 Å². The number of nitrogens with zero attached hydrogens (tertiary/aromatic N) is 2. The smallest absolute Gasteiger partial charge is 0.223 e. The first kappa shape index (κ1) is 17.2. The monoisotopic (exact) mass is 349 g/mol. The lowest BCUT2D eigenvalue weighted by atomic mass is 10.0. The number of likely N-dealkylation sites (tertiary alicyclic amines) is 1. The van der Waals surface area contributed by atoms with Gasteiger partial charge in [-0.1, -0.05) is 30.3 Å². The SMILES string of the molecule is Cc1ccccc1[C@H]1C[C@H]1C(=O)NC1CCN(Cc2ccccn2)CC1. The van der Waals surface area contributed by atoms with Gasteiger partial charge in [0, 0.05) is 37.8 Å². The summed E-state index contributed by atoms with van der Waals surface area (Å²) in [5.74, 6) is 0.838. The normalized spacial score (nSPS) is 23.6. The summed E-state index contributed by atoms with van der Waals surface area (Å²) in [4.78, 5) is 19.4. The molecule has 1 amide bonds. The predicted molar refractivity (Wildman–Crippen MR) is 103 cm³/mol. The van der Waals surface area contributed by atoms with Crippen molar-refractivity contribution in [2.75, 3.05) is 13.1 Å². The van der Waals surface area contributed by atoms with Crippen LogP contribution >= 0.6 is 0 Å². The van der Waals surface area contributed by atoms with Gasteiger partial charge in [0.25, 0.3) is 0 Å². The molecule has 2 aliphatic rings. The van der Waals surface area contributed by atoms with Crippen molar-refractivity contribution in [2.24, 2.45) is 5.92 Å². The van der Waals surface area contributed by atoms with E-state index in [2.05, 4.69) is 52.5 Å². The largest absolute Gasteiger partial charge is 0.353 e. The molecule has 1 N–H and O–H groups in total. The number of benzene rings is 1. The second-order valence-corrected chi connectivity index (χ2v) is 7.69. The molecule has 1 saturated heterocycles. The van der Waals surface area contributed by atoms with Gasteiger partial charge in [0.1, 0.15) is 0 Å². The maximum Gasteiger partial charge on any atom is 0.223 e. The predicted octanol–water partition coefficient (Wildman–Crippen LogP) is 3.27. The lowest BCUT2D eigenvalue weighted by Gasteiger charge is -2.32. The summed E-state index contributed by atoms with van der Waals surface area (Å²) in [7, 11) is 0. The molecule has 2 fully saturated rings. The van der Waals surface area contributed by atoms with Gasteiger partial charge in [-0.15, -0.1) is 0 Å². The molecule has 2 aromatic rings. The number of pyridine rings is 1. The van der Waals surface area contributed by atoms with Crippen molar-refractivity contribution in [3.63, 3.8) is 0 Å². The number of carbonyl (C=O) groups excluding carboxylic acids is 1. The Bertz CT molecular complexity index is 753.